The molecular formula is C19H27N3O3. The van der Waals surface area contributed by atoms with Crippen LogP contribution in [-0.2, 0) is 9.47 Å². The second kappa shape index (κ2) is 7.40. The van der Waals surface area contributed by atoms with Gasteiger partial charge in [-0.15, -0.1) is 0 Å². The zero-order valence-corrected chi connectivity index (χ0v) is 14.7. The van der Waals surface area contributed by atoms with Crippen LogP contribution >= 0.6 is 0 Å². The minimum absolute atomic E-state index is 0.0305. The van der Waals surface area contributed by atoms with Gasteiger partial charge in [0.1, 0.15) is 11.3 Å². The van der Waals surface area contributed by atoms with Crippen LogP contribution in [0.25, 0.3) is 0 Å². The average molecular weight is 345 g/mol. The molecule has 25 heavy (non-hydrogen) atoms. The van der Waals surface area contributed by atoms with Gasteiger partial charge in [0.25, 0.3) is 5.91 Å². The lowest BCUT2D eigenvalue weighted by Gasteiger charge is -2.32. The van der Waals surface area contributed by atoms with Gasteiger partial charge in [-0.25, -0.2) is 0 Å². The molecule has 0 N–H and O–H groups in total. The van der Waals surface area contributed by atoms with Crippen LogP contribution in [0, 0.1) is 0 Å². The minimum Gasteiger partial charge on any atom is -0.377 e. The van der Waals surface area contributed by atoms with Crippen molar-refractivity contribution in [1.29, 1.82) is 0 Å². The van der Waals surface area contributed by atoms with E-state index in [1.54, 1.807) is 12.3 Å². The standard InChI is InChI=1S/C19H27N3O3/c23-18(17-5-1-2-8-20-17)22-11-12-24-15-19(14-22)7-6-16(25-19)13-21-9-3-4-10-21/h1-2,5,8,16H,3-4,6-7,9-15H2/t16-,19-/m1/s1. The van der Waals surface area contributed by atoms with Crippen molar-refractivity contribution < 1.29 is 14.3 Å². The van der Waals surface area contributed by atoms with Crippen molar-refractivity contribution in [1.82, 2.24) is 14.8 Å². The monoisotopic (exact) mass is 345 g/mol. The van der Waals surface area contributed by atoms with Crippen LogP contribution in [0.4, 0.5) is 0 Å². The third kappa shape index (κ3) is 3.86. The maximum absolute atomic E-state index is 12.8. The number of carbonyl (C=O) groups excluding carboxylic acids is 1. The van der Waals surface area contributed by atoms with Crippen LogP contribution < -0.4 is 0 Å². The molecule has 4 rings (SSSR count). The Morgan fingerprint density at radius 2 is 2.16 bits per heavy atom. The Balaban J connectivity index is 1.42. The zero-order chi connectivity index (χ0) is 17.1. The van der Waals surface area contributed by atoms with E-state index < -0.39 is 0 Å². The molecule has 0 aliphatic carbocycles. The number of likely N-dealkylation sites (tertiary alicyclic amines) is 1. The molecular weight excluding hydrogens is 318 g/mol. The fraction of sp³-hybridized carbons (Fsp3) is 0.684. The minimum atomic E-state index is -0.356. The second-order valence-electron chi connectivity index (χ2n) is 7.46. The van der Waals surface area contributed by atoms with Gasteiger partial charge in [-0.2, -0.15) is 0 Å². The van der Waals surface area contributed by atoms with Crippen LogP contribution in [0.1, 0.15) is 36.2 Å². The summed E-state index contributed by atoms with van der Waals surface area (Å²) in [7, 11) is 0. The zero-order valence-electron chi connectivity index (χ0n) is 14.7. The Bertz CT molecular complexity index is 591. The van der Waals surface area contributed by atoms with Crippen molar-refractivity contribution in [3.8, 4) is 0 Å². The number of amides is 1. The summed E-state index contributed by atoms with van der Waals surface area (Å²) in [6.45, 7) is 5.71. The van der Waals surface area contributed by atoms with E-state index in [1.165, 1.54) is 25.9 Å². The average Bonchev–Trinajstić information content (AvgIpc) is 3.23. The molecule has 0 aromatic carbocycles. The smallest absolute Gasteiger partial charge is 0.272 e. The molecule has 1 aromatic rings. The van der Waals surface area contributed by atoms with Crippen molar-refractivity contribution in [2.24, 2.45) is 0 Å². The molecule has 1 amide bonds. The van der Waals surface area contributed by atoms with Crippen molar-refractivity contribution >= 4 is 5.91 Å². The van der Waals surface area contributed by atoms with E-state index in [2.05, 4.69) is 9.88 Å². The highest BCUT2D eigenvalue weighted by atomic mass is 16.6. The number of pyridine rings is 1. The Hall–Kier alpha value is -1.50. The van der Waals surface area contributed by atoms with Gasteiger partial charge < -0.3 is 19.3 Å². The molecule has 6 heteroatoms. The summed E-state index contributed by atoms with van der Waals surface area (Å²) in [4.78, 5) is 21.4. The van der Waals surface area contributed by atoms with E-state index in [9.17, 15) is 4.79 Å². The number of nitrogens with zero attached hydrogens (tertiary/aromatic N) is 3. The van der Waals surface area contributed by atoms with Crippen LogP contribution in [0.15, 0.2) is 24.4 Å². The second-order valence-corrected chi connectivity index (χ2v) is 7.46. The first-order chi connectivity index (χ1) is 12.2. The summed E-state index contributed by atoms with van der Waals surface area (Å²) in [5, 5.41) is 0. The Labute approximate surface area is 149 Å². The highest BCUT2D eigenvalue weighted by molar-refractivity contribution is 5.92. The molecule has 3 aliphatic rings. The molecule has 3 aliphatic heterocycles. The highest BCUT2D eigenvalue weighted by Crippen LogP contribution is 2.34. The quantitative estimate of drug-likeness (QED) is 0.832. The first kappa shape index (κ1) is 16.9. The van der Waals surface area contributed by atoms with Crippen LogP contribution in [0.2, 0.25) is 0 Å². The molecule has 0 radical (unpaired) electrons. The van der Waals surface area contributed by atoms with Gasteiger partial charge >= 0.3 is 0 Å². The molecule has 3 saturated heterocycles. The van der Waals surface area contributed by atoms with Crippen molar-refractivity contribution in [2.75, 3.05) is 45.9 Å². The highest BCUT2D eigenvalue weighted by Gasteiger charge is 2.44. The van der Waals surface area contributed by atoms with Crippen molar-refractivity contribution in [2.45, 2.75) is 37.4 Å². The third-order valence-electron chi connectivity index (χ3n) is 5.52. The van der Waals surface area contributed by atoms with Crippen molar-refractivity contribution in [3.63, 3.8) is 0 Å². The maximum atomic E-state index is 12.8. The van der Waals surface area contributed by atoms with Gasteiger partial charge in [-0.1, -0.05) is 6.07 Å². The Morgan fingerprint density at radius 1 is 1.28 bits per heavy atom. The number of aromatic nitrogens is 1. The van der Waals surface area contributed by atoms with Crippen LogP contribution in [0.3, 0.4) is 0 Å². The summed E-state index contributed by atoms with van der Waals surface area (Å²) in [6.07, 6.45) is 6.52. The van der Waals surface area contributed by atoms with E-state index in [1.807, 2.05) is 17.0 Å². The largest absolute Gasteiger partial charge is 0.377 e. The number of ether oxygens (including phenoxy) is 2. The van der Waals surface area contributed by atoms with Crippen molar-refractivity contribution in [3.05, 3.63) is 30.1 Å². The van der Waals surface area contributed by atoms with E-state index in [0.717, 1.165) is 19.4 Å². The number of carbonyl (C=O) groups is 1. The predicted molar refractivity (Wildman–Crippen MR) is 93.5 cm³/mol. The van der Waals surface area contributed by atoms with Gasteiger partial charge in [0, 0.05) is 19.3 Å². The molecule has 3 fully saturated rings. The van der Waals surface area contributed by atoms with Crippen LogP contribution in [-0.4, -0.2) is 78.3 Å². The number of rotatable bonds is 3. The molecule has 6 nitrogen and oxygen atoms in total. The molecule has 136 valence electrons. The lowest BCUT2D eigenvalue weighted by Crippen LogP contribution is -2.47. The fourth-order valence-corrected chi connectivity index (χ4v) is 4.23. The molecule has 1 spiro atoms. The summed E-state index contributed by atoms with van der Waals surface area (Å²) < 4.78 is 12.3. The number of hydrogen-bond acceptors (Lipinski definition) is 5. The maximum Gasteiger partial charge on any atom is 0.272 e. The third-order valence-corrected chi connectivity index (χ3v) is 5.52. The normalized spacial score (nSPS) is 30.7. The van der Waals surface area contributed by atoms with Gasteiger partial charge in [0.05, 0.1) is 25.9 Å². The molecule has 2 atom stereocenters. The predicted octanol–water partition coefficient (Wildman–Crippen LogP) is 1.57. The van der Waals surface area contributed by atoms with Crippen LogP contribution in [0.5, 0.6) is 0 Å². The lowest BCUT2D eigenvalue weighted by molar-refractivity contribution is -0.0890. The summed E-state index contributed by atoms with van der Waals surface area (Å²) >= 11 is 0. The topological polar surface area (TPSA) is 54.9 Å². The Morgan fingerprint density at radius 3 is 2.96 bits per heavy atom. The number of hydrogen-bond donors (Lipinski definition) is 0. The molecule has 0 bridgehead atoms. The van der Waals surface area contributed by atoms with E-state index in [4.69, 9.17) is 9.47 Å². The first-order valence-electron chi connectivity index (χ1n) is 9.42. The Kier molecular flexibility index (Phi) is 5.01. The van der Waals surface area contributed by atoms with Gasteiger partial charge in [-0.3, -0.25) is 9.78 Å². The van der Waals surface area contributed by atoms with E-state index in [0.29, 0.717) is 32.0 Å². The SMILES string of the molecule is O=C(c1ccccn1)N1CCOC[C@@]2(CC[C@H](CN3CCCC3)O2)C1. The summed E-state index contributed by atoms with van der Waals surface area (Å²) in [6, 6.07) is 5.45. The molecule has 0 unspecified atom stereocenters. The molecule has 4 heterocycles. The summed E-state index contributed by atoms with van der Waals surface area (Å²) in [5.74, 6) is -0.0305. The van der Waals surface area contributed by atoms with Gasteiger partial charge in [0.2, 0.25) is 0 Å². The molecule has 1 aromatic heterocycles. The lowest BCUT2D eigenvalue weighted by atomic mass is 10.00. The van der Waals surface area contributed by atoms with Gasteiger partial charge in [-0.05, 0) is 50.9 Å². The van der Waals surface area contributed by atoms with E-state index >= 15 is 0 Å². The summed E-state index contributed by atoms with van der Waals surface area (Å²) in [5.41, 5.74) is 0.136. The first-order valence-corrected chi connectivity index (χ1v) is 9.42. The fourth-order valence-electron chi connectivity index (χ4n) is 4.23. The van der Waals surface area contributed by atoms with E-state index in [-0.39, 0.29) is 17.6 Å². The molecule has 0 saturated carbocycles. The van der Waals surface area contributed by atoms with Gasteiger partial charge in [0.15, 0.2) is 0 Å².